The lowest BCUT2D eigenvalue weighted by Gasteiger charge is -2.19. The molecule has 0 bridgehead atoms. The second-order valence-electron chi connectivity index (χ2n) is 5.57. The van der Waals surface area contributed by atoms with E-state index in [1.165, 1.54) is 22.9 Å². The summed E-state index contributed by atoms with van der Waals surface area (Å²) < 4.78 is 1.25. The van der Waals surface area contributed by atoms with E-state index in [1.54, 1.807) is 5.51 Å². The van der Waals surface area contributed by atoms with E-state index in [-0.39, 0.29) is 11.5 Å². The van der Waals surface area contributed by atoms with Crippen LogP contribution in [0.3, 0.4) is 0 Å². The third-order valence-corrected chi connectivity index (χ3v) is 4.82. The molecule has 6 nitrogen and oxygen atoms in total. The number of aromatic nitrogens is 3. The average molecular weight is 338 g/mol. The number of nitrogens with one attached hydrogen (secondary N) is 1. The predicted molar refractivity (Wildman–Crippen MR) is 92.5 cm³/mol. The summed E-state index contributed by atoms with van der Waals surface area (Å²) in [6, 6.07) is 9.37. The number of amides is 1. The fourth-order valence-corrected chi connectivity index (χ4v) is 3.75. The number of hydrogen-bond donors (Lipinski definition) is 1. The van der Waals surface area contributed by atoms with Crippen LogP contribution >= 0.6 is 11.3 Å². The Balaban J connectivity index is 2.02. The van der Waals surface area contributed by atoms with Crippen molar-refractivity contribution >= 4 is 17.2 Å². The van der Waals surface area contributed by atoms with Crippen LogP contribution in [0.2, 0.25) is 0 Å². The summed E-state index contributed by atoms with van der Waals surface area (Å²) in [4.78, 5) is 34.6. The number of thiazole rings is 1. The Kier molecular flexibility index (Phi) is 3.50. The molecule has 1 amide bonds. The summed E-state index contributed by atoms with van der Waals surface area (Å²) in [6.45, 7) is 1.38. The number of rotatable bonds is 2. The molecular formula is C17H14N4O2S. The van der Waals surface area contributed by atoms with Crippen molar-refractivity contribution in [1.82, 2.24) is 14.6 Å². The smallest absolute Gasteiger partial charge is 0.274 e. The van der Waals surface area contributed by atoms with Crippen LogP contribution < -0.4 is 11.0 Å². The van der Waals surface area contributed by atoms with Gasteiger partial charge in [0, 0.05) is 18.1 Å². The average Bonchev–Trinajstić information content (AvgIpc) is 3.06. The fraction of sp³-hybridized carbons (Fsp3) is 0.176. The van der Waals surface area contributed by atoms with E-state index in [0.717, 1.165) is 16.1 Å². The summed E-state index contributed by atoms with van der Waals surface area (Å²) in [6.07, 6.45) is 1.29. The lowest BCUT2D eigenvalue weighted by molar-refractivity contribution is -0.115. The monoisotopic (exact) mass is 338 g/mol. The van der Waals surface area contributed by atoms with E-state index in [0.29, 0.717) is 29.9 Å². The van der Waals surface area contributed by atoms with Gasteiger partial charge < -0.3 is 0 Å². The lowest BCUT2D eigenvalue weighted by atomic mass is 9.99. The van der Waals surface area contributed by atoms with Gasteiger partial charge in [0.1, 0.15) is 0 Å². The van der Waals surface area contributed by atoms with Gasteiger partial charge in [0.2, 0.25) is 5.91 Å². The second-order valence-corrected chi connectivity index (χ2v) is 6.42. The van der Waals surface area contributed by atoms with Crippen LogP contribution in [0.1, 0.15) is 18.2 Å². The van der Waals surface area contributed by atoms with Crippen molar-refractivity contribution in [2.24, 2.45) is 0 Å². The Hall–Kier alpha value is -2.80. The molecule has 3 aromatic rings. The van der Waals surface area contributed by atoms with Gasteiger partial charge in [0.05, 0.1) is 21.8 Å². The lowest BCUT2D eigenvalue weighted by Crippen LogP contribution is -2.37. The first-order valence-corrected chi connectivity index (χ1v) is 8.45. The van der Waals surface area contributed by atoms with Gasteiger partial charge in [0.25, 0.3) is 5.56 Å². The third-order valence-electron chi connectivity index (χ3n) is 3.95. The molecule has 7 heteroatoms. The molecule has 1 aromatic carbocycles. The van der Waals surface area contributed by atoms with E-state index in [4.69, 9.17) is 4.98 Å². The van der Waals surface area contributed by atoms with Crippen LogP contribution in [-0.2, 0) is 17.6 Å². The van der Waals surface area contributed by atoms with E-state index < -0.39 is 0 Å². The van der Waals surface area contributed by atoms with Gasteiger partial charge in [-0.1, -0.05) is 30.3 Å². The van der Waals surface area contributed by atoms with Crippen LogP contribution in [0.5, 0.6) is 0 Å². The summed E-state index contributed by atoms with van der Waals surface area (Å²) >= 11 is 1.49. The molecule has 0 spiro atoms. The van der Waals surface area contributed by atoms with Gasteiger partial charge in [0.15, 0.2) is 5.82 Å². The molecule has 2 aromatic heterocycles. The van der Waals surface area contributed by atoms with Crippen molar-refractivity contribution in [2.75, 3.05) is 5.43 Å². The van der Waals surface area contributed by atoms with Gasteiger partial charge in [-0.15, -0.1) is 11.3 Å². The number of carbonyl (C=O) groups is 1. The van der Waals surface area contributed by atoms with Crippen LogP contribution in [0, 0.1) is 0 Å². The van der Waals surface area contributed by atoms with Gasteiger partial charge in [-0.3, -0.25) is 15.0 Å². The standard InChI is InChI=1S/C17H14N4O2S/c1-10(22)20-21-16(11-5-3-2-4-6-11)19-14-12(17(21)23)7-8-13-15(14)24-9-18-13/h2-6,9H,7-8H2,1H3,(H,20,22). The Bertz CT molecular complexity index is 992. The van der Waals surface area contributed by atoms with Gasteiger partial charge >= 0.3 is 0 Å². The van der Waals surface area contributed by atoms with E-state index in [9.17, 15) is 9.59 Å². The van der Waals surface area contributed by atoms with Crippen LogP contribution in [0.15, 0.2) is 40.6 Å². The summed E-state index contributed by atoms with van der Waals surface area (Å²) in [5, 5.41) is 0. The molecule has 1 N–H and O–H groups in total. The fourth-order valence-electron chi connectivity index (χ4n) is 2.89. The number of carbonyl (C=O) groups excluding carboxylic acids is 1. The maximum Gasteiger partial charge on any atom is 0.276 e. The minimum atomic E-state index is -0.315. The molecule has 0 radical (unpaired) electrons. The Morgan fingerprint density at radius 3 is 2.79 bits per heavy atom. The predicted octanol–water partition coefficient (Wildman–Crippen LogP) is 2.22. The van der Waals surface area contributed by atoms with Gasteiger partial charge in [-0.25, -0.2) is 9.97 Å². The molecule has 1 aliphatic carbocycles. The van der Waals surface area contributed by atoms with Crippen LogP contribution in [0.4, 0.5) is 0 Å². The minimum Gasteiger partial charge on any atom is -0.274 e. The molecule has 2 heterocycles. The topological polar surface area (TPSA) is 76.9 Å². The van der Waals surface area contributed by atoms with Crippen LogP contribution in [0.25, 0.3) is 22.0 Å². The molecule has 0 saturated carbocycles. The van der Waals surface area contributed by atoms with E-state index in [2.05, 4.69) is 10.4 Å². The minimum absolute atomic E-state index is 0.229. The maximum atomic E-state index is 13.0. The molecule has 0 aliphatic heterocycles. The SMILES string of the molecule is CC(=O)Nn1c(-c2ccccc2)nc2c(c1=O)CCc1ncsc1-2. The summed E-state index contributed by atoms with van der Waals surface area (Å²) in [5.74, 6) is 0.112. The number of aryl methyl sites for hydroxylation is 1. The summed E-state index contributed by atoms with van der Waals surface area (Å²) in [7, 11) is 0. The molecule has 24 heavy (non-hydrogen) atoms. The zero-order valence-electron chi connectivity index (χ0n) is 12.9. The normalized spacial score (nSPS) is 12.4. The highest BCUT2D eigenvalue weighted by Crippen LogP contribution is 2.34. The van der Waals surface area contributed by atoms with E-state index in [1.807, 2.05) is 30.3 Å². The first kappa shape index (κ1) is 14.8. The quantitative estimate of drug-likeness (QED) is 0.777. The van der Waals surface area contributed by atoms with Crippen molar-refractivity contribution in [3.05, 3.63) is 57.5 Å². The molecule has 0 saturated heterocycles. The van der Waals surface area contributed by atoms with Crippen LogP contribution in [-0.4, -0.2) is 20.6 Å². The molecule has 0 fully saturated rings. The molecule has 0 unspecified atom stereocenters. The zero-order chi connectivity index (χ0) is 16.7. The Labute approximate surface area is 141 Å². The highest BCUT2D eigenvalue weighted by atomic mass is 32.1. The van der Waals surface area contributed by atoms with Gasteiger partial charge in [-0.05, 0) is 12.8 Å². The molecular weight excluding hydrogens is 324 g/mol. The van der Waals surface area contributed by atoms with Crippen molar-refractivity contribution in [2.45, 2.75) is 19.8 Å². The van der Waals surface area contributed by atoms with Crippen molar-refractivity contribution in [3.63, 3.8) is 0 Å². The molecule has 0 atom stereocenters. The zero-order valence-corrected chi connectivity index (χ0v) is 13.8. The highest BCUT2D eigenvalue weighted by molar-refractivity contribution is 7.13. The highest BCUT2D eigenvalue weighted by Gasteiger charge is 2.26. The van der Waals surface area contributed by atoms with Crippen molar-refractivity contribution in [1.29, 1.82) is 0 Å². The number of nitrogens with zero attached hydrogens (tertiary/aromatic N) is 3. The van der Waals surface area contributed by atoms with E-state index >= 15 is 0 Å². The Morgan fingerprint density at radius 2 is 2.04 bits per heavy atom. The molecule has 1 aliphatic rings. The number of fused-ring (bicyclic) bond motifs is 3. The van der Waals surface area contributed by atoms with Gasteiger partial charge in [-0.2, -0.15) is 4.68 Å². The molecule has 120 valence electrons. The summed E-state index contributed by atoms with van der Waals surface area (Å²) in [5.41, 5.74) is 7.21. The van der Waals surface area contributed by atoms with Crippen molar-refractivity contribution < 1.29 is 4.79 Å². The third kappa shape index (κ3) is 2.33. The largest absolute Gasteiger partial charge is 0.276 e. The molecule has 4 rings (SSSR count). The van der Waals surface area contributed by atoms with Crippen molar-refractivity contribution in [3.8, 4) is 22.0 Å². The maximum absolute atomic E-state index is 13.0. The number of hydrogen-bond acceptors (Lipinski definition) is 5. The second kappa shape index (κ2) is 5.68. The first-order chi connectivity index (χ1) is 11.6. The Morgan fingerprint density at radius 1 is 1.25 bits per heavy atom. The first-order valence-electron chi connectivity index (χ1n) is 7.57. The number of benzene rings is 1.